The van der Waals surface area contributed by atoms with E-state index in [1.165, 1.54) is 18.4 Å². The topological polar surface area (TPSA) is 74.2 Å². The number of halogens is 3. The van der Waals surface area contributed by atoms with Crippen molar-refractivity contribution in [1.82, 2.24) is 20.2 Å². The Hall–Kier alpha value is -3.59. The average Bonchev–Trinajstić information content (AvgIpc) is 3.49. The third-order valence-corrected chi connectivity index (χ3v) is 6.22. The second kappa shape index (κ2) is 11.0. The molecule has 0 saturated carbocycles. The first-order chi connectivity index (χ1) is 17.2. The first-order valence-electron chi connectivity index (χ1n) is 11.9. The smallest absolute Gasteiger partial charge is 0.416 e. The summed E-state index contributed by atoms with van der Waals surface area (Å²) < 4.78 is 46.4. The van der Waals surface area contributed by atoms with Crippen molar-refractivity contribution in [3.63, 3.8) is 0 Å². The minimum absolute atomic E-state index is 0.0100. The summed E-state index contributed by atoms with van der Waals surface area (Å²) in [5.74, 6) is -0.0696. The molecule has 1 amide bonds. The van der Waals surface area contributed by atoms with Gasteiger partial charge >= 0.3 is 6.18 Å². The maximum Gasteiger partial charge on any atom is 0.416 e. The van der Waals surface area contributed by atoms with Gasteiger partial charge in [-0.25, -0.2) is 4.98 Å². The van der Waals surface area contributed by atoms with E-state index in [0.29, 0.717) is 13.0 Å². The Balaban J connectivity index is 1.55. The van der Waals surface area contributed by atoms with Crippen molar-refractivity contribution < 1.29 is 22.4 Å². The minimum atomic E-state index is -4.46. The molecule has 0 bridgehead atoms. The third-order valence-electron chi connectivity index (χ3n) is 6.22. The third kappa shape index (κ3) is 6.15. The maximum absolute atomic E-state index is 13.6. The number of benzene rings is 2. The molecule has 2 N–H and O–H groups in total. The van der Waals surface area contributed by atoms with E-state index in [9.17, 15) is 18.0 Å². The predicted octanol–water partition coefficient (Wildman–Crippen LogP) is 5.95. The number of H-pyrrole nitrogens is 1. The Morgan fingerprint density at radius 1 is 1.11 bits per heavy atom. The number of alkyl halides is 3. The number of hydrogen-bond donors (Lipinski definition) is 2. The van der Waals surface area contributed by atoms with Gasteiger partial charge in [-0.3, -0.25) is 9.69 Å². The minimum Gasteiger partial charge on any atom is -0.447 e. The molecule has 1 atom stereocenters. The molecule has 190 valence electrons. The molecule has 0 aliphatic carbocycles. The predicted molar refractivity (Wildman–Crippen MR) is 131 cm³/mol. The molecule has 0 spiro atoms. The SMILES string of the molecule is CC[C@@H](C)NC(=O)c1coc(CN(CCc2c[nH]c3ccccc23)Cc2ccccc2C(F)(F)F)n1. The number of oxazole rings is 1. The van der Waals surface area contributed by atoms with E-state index in [2.05, 4.69) is 15.3 Å². The normalized spacial score (nSPS) is 12.8. The molecule has 0 unspecified atom stereocenters. The van der Waals surface area contributed by atoms with Crippen LogP contribution in [0.5, 0.6) is 0 Å². The van der Waals surface area contributed by atoms with Crippen molar-refractivity contribution in [3.05, 3.63) is 89.3 Å². The lowest BCUT2D eigenvalue weighted by Gasteiger charge is -2.23. The molecule has 2 aromatic carbocycles. The molecule has 6 nitrogen and oxygen atoms in total. The van der Waals surface area contributed by atoms with Crippen molar-refractivity contribution in [1.29, 1.82) is 0 Å². The van der Waals surface area contributed by atoms with Crippen LogP contribution in [0.3, 0.4) is 0 Å². The highest BCUT2D eigenvalue weighted by atomic mass is 19.4. The fraction of sp³-hybridized carbons (Fsp3) is 0.333. The van der Waals surface area contributed by atoms with E-state index in [1.54, 1.807) is 6.07 Å². The molecule has 0 radical (unpaired) electrons. The van der Waals surface area contributed by atoms with Gasteiger partial charge in [0.2, 0.25) is 5.89 Å². The van der Waals surface area contributed by atoms with Crippen molar-refractivity contribution in [2.75, 3.05) is 6.54 Å². The molecule has 2 heterocycles. The second-order valence-corrected chi connectivity index (χ2v) is 8.88. The number of nitrogens with zero attached hydrogens (tertiary/aromatic N) is 2. The van der Waals surface area contributed by atoms with Crippen LogP contribution in [0.15, 0.2) is 65.4 Å². The number of fused-ring (bicyclic) bond motifs is 1. The number of carbonyl (C=O) groups is 1. The Bertz CT molecular complexity index is 1310. The lowest BCUT2D eigenvalue weighted by atomic mass is 10.1. The van der Waals surface area contributed by atoms with Crippen LogP contribution in [0.2, 0.25) is 0 Å². The van der Waals surface area contributed by atoms with Gasteiger partial charge in [-0.2, -0.15) is 13.2 Å². The summed E-state index contributed by atoms with van der Waals surface area (Å²) in [6.45, 7) is 4.53. The first-order valence-corrected chi connectivity index (χ1v) is 11.9. The number of hydrogen-bond acceptors (Lipinski definition) is 4. The van der Waals surface area contributed by atoms with Crippen LogP contribution in [-0.2, 0) is 25.7 Å². The number of para-hydroxylation sites is 1. The fourth-order valence-corrected chi connectivity index (χ4v) is 4.09. The average molecular weight is 499 g/mol. The van der Waals surface area contributed by atoms with Crippen LogP contribution < -0.4 is 5.32 Å². The Kier molecular flexibility index (Phi) is 7.79. The van der Waals surface area contributed by atoms with Crippen LogP contribution >= 0.6 is 0 Å². The van der Waals surface area contributed by atoms with Gasteiger partial charge in [0.15, 0.2) is 5.69 Å². The number of aromatic amines is 1. The summed E-state index contributed by atoms with van der Waals surface area (Å²) in [7, 11) is 0. The molecule has 36 heavy (non-hydrogen) atoms. The Morgan fingerprint density at radius 3 is 2.64 bits per heavy atom. The van der Waals surface area contributed by atoms with Crippen molar-refractivity contribution in [2.24, 2.45) is 0 Å². The van der Waals surface area contributed by atoms with Gasteiger partial charge in [0, 0.05) is 36.2 Å². The van der Waals surface area contributed by atoms with Crippen molar-refractivity contribution in [2.45, 2.75) is 52.0 Å². The second-order valence-electron chi connectivity index (χ2n) is 8.88. The molecule has 0 fully saturated rings. The molecule has 9 heteroatoms. The van der Waals surface area contributed by atoms with E-state index in [-0.39, 0.29) is 42.2 Å². The summed E-state index contributed by atoms with van der Waals surface area (Å²) >= 11 is 0. The molecule has 0 aliphatic heterocycles. The number of rotatable bonds is 10. The van der Waals surface area contributed by atoms with E-state index in [4.69, 9.17) is 4.42 Å². The number of amides is 1. The lowest BCUT2D eigenvalue weighted by Crippen LogP contribution is -2.32. The number of aromatic nitrogens is 2. The van der Waals surface area contributed by atoms with E-state index < -0.39 is 11.7 Å². The first kappa shape index (κ1) is 25.5. The van der Waals surface area contributed by atoms with E-state index in [1.807, 2.05) is 49.2 Å². The molecule has 2 aromatic heterocycles. The van der Waals surface area contributed by atoms with E-state index >= 15 is 0 Å². The van der Waals surface area contributed by atoms with Crippen LogP contribution in [0.1, 0.15) is 53.3 Å². The summed E-state index contributed by atoms with van der Waals surface area (Å²) in [4.78, 5) is 21.8. The maximum atomic E-state index is 13.6. The number of carbonyl (C=O) groups excluding carboxylic acids is 1. The van der Waals surface area contributed by atoms with Crippen LogP contribution in [0.25, 0.3) is 10.9 Å². The molecule has 4 rings (SSSR count). The summed E-state index contributed by atoms with van der Waals surface area (Å²) in [5.41, 5.74) is 1.73. The Morgan fingerprint density at radius 2 is 1.86 bits per heavy atom. The summed E-state index contributed by atoms with van der Waals surface area (Å²) in [6, 6.07) is 13.5. The van der Waals surface area contributed by atoms with Gasteiger partial charge < -0.3 is 14.7 Å². The molecular weight excluding hydrogens is 469 g/mol. The van der Waals surface area contributed by atoms with Gasteiger partial charge in [-0.05, 0) is 43.0 Å². The van der Waals surface area contributed by atoms with Crippen LogP contribution in [0, 0.1) is 0 Å². The van der Waals surface area contributed by atoms with Gasteiger partial charge in [-0.1, -0.05) is 43.3 Å². The summed E-state index contributed by atoms with van der Waals surface area (Å²) in [5, 5.41) is 3.91. The number of nitrogens with one attached hydrogen (secondary N) is 2. The largest absolute Gasteiger partial charge is 0.447 e. The quantitative estimate of drug-likeness (QED) is 0.284. The van der Waals surface area contributed by atoms with Crippen LogP contribution in [0.4, 0.5) is 13.2 Å². The molecular formula is C27H29F3N4O2. The lowest BCUT2D eigenvalue weighted by molar-refractivity contribution is -0.138. The zero-order chi connectivity index (χ0) is 25.7. The zero-order valence-electron chi connectivity index (χ0n) is 20.2. The van der Waals surface area contributed by atoms with Crippen molar-refractivity contribution in [3.8, 4) is 0 Å². The fourth-order valence-electron chi connectivity index (χ4n) is 4.09. The molecule has 4 aromatic rings. The van der Waals surface area contributed by atoms with Gasteiger partial charge in [0.1, 0.15) is 6.26 Å². The highest BCUT2D eigenvalue weighted by molar-refractivity contribution is 5.92. The zero-order valence-corrected chi connectivity index (χ0v) is 20.2. The molecule has 0 aliphatic rings. The van der Waals surface area contributed by atoms with Gasteiger partial charge in [0.05, 0.1) is 12.1 Å². The van der Waals surface area contributed by atoms with Crippen molar-refractivity contribution >= 4 is 16.8 Å². The van der Waals surface area contributed by atoms with Gasteiger partial charge in [0.25, 0.3) is 5.91 Å². The highest BCUT2D eigenvalue weighted by Crippen LogP contribution is 2.32. The Labute approximate surface area is 207 Å². The standard InChI is InChI=1S/C27H29F3N4O2/c1-3-18(2)32-26(35)24-17-36-25(33-24)16-34(15-20-8-4-6-10-22(20)27(28,29)30)13-12-19-14-31-23-11-7-5-9-21(19)23/h4-11,14,17-18,31H,3,12-13,15-16H2,1-2H3,(H,32,35)/t18-/m1/s1. The highest BCUT2D eigenvalue weighted by Gasteiger charge is 2.33. The van der Waals surface area contributed by atoms with Crippen LogP contribution in [-0.4, -0.2) is 33.4 Å². The molecule has 0 saturated heterocycles. The monoisotopic (exact) mass is 498 g/mol. The van der Waals surface area contributed by atoms with Gasteiger partial charge in [-0.15, -0.1) is 0 Å². The van der Waals surface area contributed by atoms with E-state index in [0.717, 1.165) is 29.0 Å². The summed E-state index contributed by atoms with van der Waals surface area (Å²) in [6.07, 6.45) is 0.143.